The van der Waals surface area contributed by atoms with E-state index in [1.54, 1.807) is 6.07 Å². The van der Waals surface area contributed by atoms with E-state index in [0.29, 0.717) is 0 Å². The second kappa shape index (κ2) is 5.10. The molecule has 0 aromatic carbocycles. The summed E-state index contributed by atoms with van der Waals surface area (Å²) >= 11 is 5.41. The van der Waals surface area contributed by atoms with Gasteiger partial charge >= 0.3 is 6.36 Å². The number of ether oxygens (including phenoxy) is 1. The van der Waals surface area contributed by atoms with Crippen LogP contribution in [0.5, 0.6) is 11.5 Å². The van der Waals surface area contributed by atoms with Crippen LogP contribution >= 0.6 is 11.6 Å². The van der Waals surface area contributed by atoms with E-state index in [-0.39, 0.29) is 23.7 Å². The molecule has 0 bridgehead atoms. The summed E-state index contributed by atoms with van der Waals surface area (Å²) in [5.74, 6) is -1.55. The van der Waals surface area contributed by atoms with Crippen LogP contribution in [0, 0.1) is 11.3 Å². The van der Waals surface area contributed by atoms with Crippen LogP contribution in [-0.4, -0.2) is 16.5 Å². The molecule has 17 heavy (non-hydrogen) atoms. The monoisotopic (exact) mass is 266 g/mol. The first-order valence-electron chi connectivity index (χ1n) is 4.27. The number of aromatic nitrogens is 1. The van der Waals surface area contributed by atoms with Crippen molar-refractivity contribution in [1.82, 2.24) is 4.98 Å². The fourth-order valence-electron chi connectivity index (χ4n) is 1.08. The first-order chi connectivity index (χ1) is 7.87. The van der Waals surface area contributed by atoms with Crippen molar-refractivity contribution in [2.45, 2.75) is 18.7 Å². The van der Waals surface area contributed by atoms with Crippen molar-refractivity contribution in [2.75, 3.05) is 0 Å². The zero-order valence-electron chi connectivity index (χ0n) is 8.25. The molecule has 0 aliphatic carbocycles. The normalized spacial score (nSPS) is 11.0. The van der Waals surface area contributed by atoms with Crippen molar-refractivity contribution in [3.63, 3.8) is 0 Å². The predicted molar refractivity (Wildman–Crippen MR) is 51.5 cm³/mol. The number of alkyl halides is 4. The maximum atomic E-state index is 12.0. The minimum absolute atomic E-state index is 0.0438. The van der Waals surface area contributed by atoms with Gasteiger partial charge in [0, 0.05) is 6.07 Å². The van der Waals surface area contributed by atoms with Crippen LogP contribution in [0.25, 0.3) is 0 Å². The molecule has 0 aliphatic heterocycles. The number of rotatable bonds is 3. The summed E-state index contributed by atoms with van der Waals surface area (Å²) in [6.45, 7) is 0. The van der Waals surface area contributed by atoms with Crippen LogP contribution in [0.15, 0.2) is 6.07 Å². The highest BCUT2D eigenvalue weighted by Crippen LogP contribution is 2.31. The summed E-state index contributed by atoms with van der Waals surface area (Å²) in [6.07, 6.45) is -5.13. The molecule has 1 aromatic heterocycles. The molecule has 0 radical (unpaired) electrons. The van der Waals surface area contributed by atoms with Crippen LogP contribution in [0.2, 0.25) is 0 Å². The molecule has 0 saturated heterocycles. The maximum Gasteiger partial charge on any atom is 0.573 e. The molecule has 8 heteroatoms. The summed E-state index contributed by atoms with van der Waals surface area (Å²) in [5.41, 5.74) is -0.232. The van der Waals surface area contributed by atoms with E-state index in [0.717, 1.165) is 6.07 Å². The van der Waals surface area contributed by atoms with E-state index in [9.17, 15) is 18.3 Å². The van der Waals surface area contributed by atoms with E-state index in [1.807, 2.05) is 0 Å². The van der Waals surface area contributed by atoms with Crippen molar-refractivity contribution in [3.05, 3.63) is 17.5 Å². The summed E-state index contributed by atoms with van der Waals surface area (Å²) in [7, 11) is 0. The molecule has 1 rings (SSSR count). The Morgan fingerprint density at radius 1 is 1.47 bits per heavy atom. The molecule has 0 fully saturated rings. The molecule has 0 aliphatic rings. The molecule has 0 spiro atoms. The average molecular weight is 267 g/mol. The molecule has 1 heterocycles. The highest BCUT2D eigenvalue weighted by Gasteiger charge is 2.32. The number of nitriles is 1. The second-order valence-corrected chi connectivity index (χ2v) is 3.18. The number of aromatic hydroxyl groups is 1. The van der Waals surface area contributed by atoms with Gasteiger partial charge in [0.2, 0.25) is 0 Å². The number of nitrogens with zero attached hydrogens (tertiary/aromatic N) is 2. The molecule has 0 unspecified atom stereocenters. The summed E-state index contributed by atoms with van der Waals surface area (Å²) < 4.78 is 39.7. The van der Waals surface area contributed by atoms with E-state index in [2.05, 4.69) is 9.72 Å². The lowest BCUT2D eigenvalue weighted by atomic mass is 10.2. The first kappa shape index (κ1) is 13.4. The van der Waals surface area contributed by atoms with Gasteiger partial charge in [0.15, 0.2) is 5.75 Å². The van der Waals surface area contributed by atoms with Crippen LogP contribution in [0.1, 0.15) is 11.4 Å². The lowest BCUT2D eigenvalue weighted by Crippen LogP contribution is -2.18. The lowest BCUT2D eigenvalue weighted by Gasteiger charge is -2.12. The molecule has 0 saturated carbocycles. The predicted octanol–water partition coefficient (Wildman–Crippen LogP) is 2.49. The average Bonchev–Trinajstić information content (AvgIpc) is 2.20. The summed E-state index contributed by atoms with van der Waals surface area (Å²) in [4.78, 5) is 3.64. The minimum Gasteiger partial charge on any atom is -0.506 e. The van der Waals surface area contributed by atoms with Gasteiger partial charge in [-0.3, -0.25) is 0 Å². The Labute approximate surface area is 99.2 Å². The van der Waals surface area contributed by atoms with E-state index >= 15 is 0 Å². The molecular formula is C9H6ClF3N2O2. The zero-order valence-corrected chi connectivity index (χ0v) is 9.01. The first-order valence-corrected chi connectivity index (χ1v) is 4.81. The van der Waals surface area contributed by atoms with Gasteiger partial charge in [0.05, 0.1) is 29.8 Å². The number of hydrogen-bond donors (Lipinski definition) is 1. The number of hydrogen-bond acceptors (Lipinski definition) is 4. The molecule has 4 nitrogen and oxygen atoms in total. The third-order valence-corrected chi connectivity index (χ3v) is 1.97. The summed E-state index contributed by atoms with van der Waals surface area (Å²) in [5, 5.41) is 17.8. The van der Waals surface area contributed by atoms with Crippen molar-refractivity contribution < 1.29 is 23.0 Å². The highest BCUT2D eigenvalue weighted by molar-refractivity contribution is 6.17. The van der Waals surface area contributed by atoms with Gasteiger partial charge in [0.1, 0.15) is 5.75 Å². The SMILES string of the molecule is N#CCc1nc(CCl)c(OC(F)(F)F)cc1O. The van der Waals surface area contributed by atoms with Gasteiger partial charge in [-0.2, -0.15) is 5.26 Å². The Morgan fingerprint density at radius 3 is 2.59 bits per heavy atom. The van der Waals surface area contributed by atoms with E-state index in [4.69, 9.17) is 16.9 Å². The quantitative estimate of drug-likeness (QED) is 0.854. The van der Waals surface area contributed by atoms with Gasteiger partial charge in [-0.1, -0.05) is 0 Å². The smallest absolute Gasteiger partial charge is 0.506 e. The van der Waals surface area contributed by atoms with Crippen molar-refractivity contribution in [2.24, 2.45) is 0 Å². The molecule has 0 amide bonds. The fourth-order valence-corrected chi connectivity index (χ4v) is 1.27. The largest absolute Gasteiger partial charge is 0.573 e. The number of halogens is 4. The molecule has 0 atom stereocenters. The van der Waals surface area contributed by atoms with Gasteiger partial charge in [-0.25, -0.2) is 4.98 Å². The fraction of sp³-hybridized carbons (Fsp3) is 0.333. The molecular weight excluding hydrogens is 261 g/mol. The van der Waals surface area contributed by atoms with Gasteiger partial charge < -0.3 is 9.84 Å². The Morgan fingerprint density at radius 2 is 2.12 bits per heavy atom. The van der Waals surface area contributed by atoms with Gasteiger partial charge in [-0.05, 0) is 0 Å². The van der Waals surface area contributed by atoms with Gasteiger partial charge in [0.25, 0.3) is 0 Å². The summed E-state index contributed by atoms with van der Waals surface area (Å²) in [6, 6.07) is 2.46. The van der Waals surface area contributed by atoms with Crippen LogP contribution in [0.3, 0.4) is 0 Å². The zero-order chi connectivity index (χ0) is 13.1. The van der Waals surface area contributed by atoms with Crippen molar-refractivity contribution in [1.29, 1.82) is 5.26 Å². The third kappa shape index (κ3) is 3.67. The van der Waals surface area contributed by atoms with Crippen LogP contribution < -0.4 is 4.74 Å². The van der Waals surface area contributed by atoms with Crippen LogP contribution in [-0.2, 0) is 12.3 Å². The van der Waals surface area contributed by atoms with Crippen molar-refractivity contribution >= 4 is 11.6 Å². The van der Waals surface area contributed by atoms with E-state index < -0.39 is 17.9 Å². The van der Waals surface area contributed by atoms with Crippen LogP contribution in [0.4, 0.5) is 13.2 Å². The van der Waals surface area contributed by atoms with E-state index in [1.165, 1.54) is 0 Å². The molecule has 92 valence electrons. The highest BCUT2D eigenvalue weighted by atomic mass is 35.5. The molecule has 1 aromatic rings. The molecule has 1 N–H and O–H groups in total. The Balaban J connectivity index is 3.15. The van der Waals surface area contributed by atoms with Crippen molar-refractivity contribution in [3.8, 4) is 17.6 Å². The lowest BCUT2D eigenvalue weighted by molar-refractivity contribution is -0.275. The Hall–Kier alpha value is -1.68. The second-order valence-electron chi connectivity index (χ2n) is 2.92. The minimum atomic E-state index is -4.90. The number of pyridine rings is 1. The third-order valence-electron chi connectivity index (χ3n) is 1.72. The Bertz CT molecular complexity index is 457. The topological polar surface area (TPSA) is 66.1 Å². The Kier molecular flexibility index (Phi) is 4.02. The maximum absolute atomic E-state index is 12.0. The van der Waals surface area contributed by atoms with Gasteiger partial charge in [-0.15, -0.1) is 24.8 Å². The standard InChI is InChI=1S/C9H6ClF3N2O2/c10-4-6-8(17-9(11,12)13)3-7(16)5(15-6)1-2-14/h3,16H,1,4H2.